The third kappa shape index (κ3) is 4.57. The van der Waals surface area contributed by atoms with E-state index in [0.29, 0.717) is 6.61 Å². The van der Waals surface area contributed by atoms with E-state index < -0.39 is 0 Å². The highest BCUT2D eigenvalue weighted by molar-refractivity contribution is 9.10. The summed E-state index contributed by atoms with van der Waals surface area (Å²) in [4.78, 5) is 0. The first-order valence-corrected chi connectivity index (χ1v) is 10.1. The molecule has 0 atom stereocenters. The van der Waals surface area contributed by atoms with Gasteiger partial charge in [0, 0.05) is 28.0 Å². The number of aryl methyl sites for hydroxylation is 1. The largest absolute Gasteiger partial charge is 0.487 e. The van der Waals surface area contributed by atoms with Gasteiger partial charge in [-0.25, -0.2) is 0 Å². The highest BCUT2D eigenvalue weighted by Gasteiger charge is 2.12. The number of benzene rings is 2. The maximum absolute atomic E-state index is 9.05. The topological polar surface area (TPSA) is 34.4 Å². The van der Waals surface area contributed by atoms with Gasteiger partial charge in [-0.15, -0.1) is 0 Å². The molecular weight excluding hydrogens is 426 g/mol. The van der Waals surface area contributed by atoms with Gasteiger partial charge in [0.25, 0.3) is 0 Å². The molecule has 1 aromatic heterocycles. The monoisotopic (exact) mass is 447 g/mol. The van der Waals surface area contributed by atoms with Crippen molar-refractivity contribution in [3.05, 3.63) is 80.5 Å². The summed E-state index contributed by atoms with van der Waals surface area (Å²) in [6.07, 6.45) is 3.68. The van der Waals surface area contributed by atoms with Gasteiger partial charge in [0.1, 0.15) is 12.4 Å². The number of halogens is 2. The van der Waals surface area contributed by atoms with E-state index in [9.17, 15) is 0 Å². The molecule has 142 valence electrons. The zero-order valence-corrected chi connectivity index (χ0v) is 17.8. The summed E-state index contributed by atoms with van der Waals surface area (Å²) < 4.78 is 9.26. The van der Waals surface area contributed by atoms with Crippen LogP contribution in [0.4, 0.5) is 0 Å². The van der Waals surface area contributed by atoms with Crippen molar-refractivity contribution in [1.29, 1.82) is 0 Å². The Bertz CT molecular complexity index is 919. The van der Waals surface area contributed by atoms with E-state index >= 15 is 0 Å². The number of hydrogen-bond donors (Lipinski definition) is 1. The van der Waals surface area contributed by atoms with Crippen LogP contribution in [0.3, 0.4) is 0 Å². The number of rotatable bonds is 7. The van der Waals surface area contributed by atoms with Crippen molar-refractivity contribution in [2.75, 3.05) is 6.61 Å². The van der Waals surface area contributed by atoms with Gasteiger partial charge in [-0.1, -0.05) is 17.7 Å². The molecule has 0 radical (unpaired) electrons. The zero-order valence-electron chi connectivity index (χ0n) is 15.5. The molecule has 0 aliphatic carbocycles. The van der Waals surface area contributed by atoms with Gasteiger partial charge in [-0.05, 0) is 95.7 Å². The Labute approximate surface area is 173 Å². The van der Waals surface area contributed by atoms with Gasteiger partial charge in [-0.3, -0.25) is 0 Å². The molecule has 0 aliphatic heterocycles. The summed E-state index contributed by atoms with van der Waals surface area (Å²) in [6, 6.07) is 13.9. The van der Waals surface area contributed by atoms with Gasteiger partial charge in [0.15, 0.2) is 0 Å². The fraction of sp³-hybridized carbons (Fsp3) is 0.273. The fourth-order valence-electron chi connectivity index (χ4n) is 3.12. The Morgan fingerprint density at radius 3 is 2.48 bits per heavy atom. The molecule has 0 fully saturated rings. The Kier molecular flexibility index (Phi) is 6.64. The van der Waals surface area contributed by atoms with E-state index in [2.05, 4.69) is 40.4 Å². The molecule has 0 saturated heterocycles. The highest BCUT2D eigenvalue weighted by atomic mass is 79.9. The van der Waals surface area contributed by atoms with Gasteiger partial charge in [-0.2, -0.15) is 0 Å². The second-order valence-electron chi connectivity index (χ2n) is 6.55. The SMILES string of the molecule is Cc1c(CCCO)ccc(OCc2c(Br)ccn2-c2ccc(Cl)cc2)c1C. The Morgan fingerprint density at radius 2 is 1.78 bits per heavy atom. The number of hydrogen-bond acceptors (Lipinski definition) is 2. The van der Waals surface area contributed by atoms with Crippen LogP contribution in [0.25, 0.3) is 5.69 Å². The smallest absolute Gasteiger partial charge is 0.130 e. The molecule has 27 heavy (non-hydrogen) atoms. The van der Waals surface area contributed by atoms with Crippen LogP contribution in [0.15, 0.2) is 53.1 Å². The quantitative estimate of drug-likeness (QED) is 0.480. The lowest BCUT2D eigenvalue weighted by molar-refractivity contribution is 0.288. The third-order valence-corrected chi connectivity index (χ3v) is 5.83. The molecule has 5 heteroatoms. The van der Waals surface area contributed by atoms with Crippen LogP contribution in [0.5, 0.6) is 5.75 Å². The molecule has 1 heterocycles. The van der Waals surface area contributed by atoms with Gasteiger partial charge in [0.05, 0.1) is 5.69 Å². The summed E-state index contributed by atoms with van der Waals surface area (Å²) >= 11 is 9.63. The Hall–Kier alpha value is -1.75. The standard InChI is InChI=1S/C22H23BrClNO2/c1-15-16(2)22(10-5-17(15)4-3-13-26)27-14-21-20(23)11-12-25(21)19-8-6-18(24)7-9-19/h5-12,26H,3-4,13-14H2,1-2H3. The normalized spacial score (nSPS) is 11.0. The summed E-state index contributed by atoms with van der Waals surface area (Å²) in [7, 11) is 0. The van der Waals surface area contributed by atoms with Crippen molar-refractivity contribution >= 4 is 27.5 Å². The summed E-state index contributed by atoms with van der Waals surface area (Å²) in [6.45, 7) is 4.86. The second-order valence-corrected chi connectivity index (χ2v) is 7.84. The molecule has 2 aromatic carbocycles. The average Bonchev–Trinajstić information content (AvgIpc) is 3.03. The lowest BCUT2D eigenvalue weighted by atomic mass is 9.99. The lowest BCUT2D eigenvalue weighted by Crippen LogP contribution is -2.06. The summed E-state index contributed by atoms with van der Waals surface area (Å²) in [5, 5.41) is 9.77. The van der Waals surface area contributed by atoms with Crippen molar-refractivity contribution in [3.63, 3.8) is 0 Å². The van der Waals surface area contributed by atoms with E-state index in [1.165, 1.54) is 11.1 Å². The van der Waals surface area contributed by atoms with Gasteiger partial charge >= 0.3 is 0 Å². The van der Waals surface area contributed by atoms with Crippen molar-refractivity contribution in [1.82, 2.24) is 4.57 Å². The first kappa shape index (κ1) is 20.0. The predicted octanol–water partition coefficient (Wildman–Crippen LogP) is 6.01. The molecule has 0 bridgehead atoms. The molecule has 0 amide bonds. The third-order valence-electron chi connectivity index (χ3n) is 4.86. The Balaban J connectivity index is 1.80. The highest BCUT2D eigenvalue weighted by Crippen LogP contribution is 2.28. The molecule has 0 saturated carbocycles. The summed E-state index contributed by atoms with van der Waals surface area (Å²) in [5.41, 5.74) is 5.72. The van der Waals surface area contributed by atoms with Crippen LogP contribution >= 0.6 is 27.5 Å². The number of aliphatic hydroxyl groups is 1. The van der Waals surface area contributed by atoms with Crippen LogP contribution in [-0.2, 0) is 13.0 Å². The predicted molar refractivity (Wildman–Crippen MR) is 114 cm³/mol. The van der Waals surface area contributed by atoms with Crippen molar-refractivity contribution in [3.8, 4) is 11.4 Å². The minimum absolute atomic E-state index is 0.215. The van der Waals surface area contributed by atoms with E-state index in [4.69, 9.17) is 21.4 Å². The van der Waals surface area contributed by atoms with E-state index in [-0.39, 0.29) is 6.61 Å². The van der Waals surface area contributed by atoms with Crippen LogP contribution < -0.4 is 4.74 Å². The molecule has 3 aromatic rings. The molecule has 0 aliphatic rings. The molecule has 0 unspecified atom stereocenters. The summed E-state index contributed by atoms with van der Waals surface area (Å²) in [5.74, 6) is 0.885. The fourth-order valence-corrected chi connectivity index (χ4v) is 3.67. The number of aliphatic hydroxyl groups excluding tert-OH is 1. The maximum Gasteiger partial charge on any atom is 0.130 e. The minimum atomic E-state index is 0.215. The first-order chi connectivity index (χ1) is 13.0. The Morgan fingerprint density at radius 1 is 1.04 bits per heavy atom. The zero-order chi connectivity index (χ0) is 19.4. The lowest BCUT2D eigenvalue weighted by Gasteiger charge is -2.16. The van der Waals surface area contributed by atoms with Crippen LogP contribution in [0, 0.1) is 13.8 Å². The first-order valence-electron chi connectivity index (χ1n) is 8.95. The van der Waals surface area contributed by atoms with Crippen molar-refractivity contribution < 1.29 is 9.84 Å². The van der Waals surface area contributed by atoms with E-state index in [1.807, 2.05) is 42.6 Å². The molecular formula is C22H23BrClNO2. The van der Waals surface area contributed by atoms with Gasteiger partial charge in [0.2, 0.25) is 0 Å². The number of ether oxygens (including phenoxy) is 1. The molecule has 3 nitrogen and oxygen atoms in total. The van der Waals surface area contributed by atoms with Crippen LogP contribution in [-0.4, -0.2) is 16.3 Å². The second kappa shape index (κ2) is 8.96. The molecule has 1 N–H and O–H groups in total. The van der Waals surface area contributed by atoms with E-state index in [1.54, 1.807) is 0 Å². The van der Waals surface area contributed by atoms with Crippen LogP contribution in [0.2, 0.25) is 5.02 Å². The van der Waals surface area contributed by atoms with Crippen molar-refractivity contribution in [2.24, 2.45) is 0 Å². The van der Waals surface area contributed by atoms with Gasteiger partial charge < -0.3 is 14.4 Å². The van der Waals surface area contributed by atoms with E-state index in [0.717, 1.165) is 45.0 Å². The average molecular weight is 449 g/mol. The molecule has 3 rings (SSSR count). The van der Waals surface area contributed by atoms with Crippen LogP contribution in [0.1, 0.15) is 28.8 Å². The van der Waals surface area contributed by atoms with Crippen molar-refractivity contribution in [2.45, 2.75) is 33.3 Å². The number of aromatic nitrogens is 1. The minimum Gasteiger partial charge on any atom is -0.487 e. The maximum atomic E-state index is 9.05. The number of nitrogens with zero attached hydrogens (tertiary/aromatic N) is 1. The molecule has 0 spiro atoms.